The van der Waals surface area contributed by atoms with Gasteiger partial charge in [-0.3, -0.25) is 0 Å². The van der Waals surface area contributed by atoms with E-state index in [0.29, 0.717) is 5.41 Å². The standard InChI is InChI=1S/C17H36N2/c1-15(2)12-19(6)14-17(10-8-7-9-11-17)13-18-16(3,4)5/h15,18H,7-14H2,1-6H3. The first-order valence-electron chi connectivity index (χ1n) is 8.16. The van der Waals surface area contributed by atoms with Crippen LogP contribution in [0.25, 0.3) is 0 Å². The maximum Gasteiger partial charge on any atom is 0.00967 e. The monoisotopic (exact) mass is 268 g/mol. The van der Waals surface area contributed by atoms with Gasteiger partial charge in [0.25, 0.3) is 0 Å². The van der Waals surface area contributed by atoms with Crippen LogP contribution in [0, 0.1) is 11.3 Å². The molecule has 1 rings (SSSR count). The van der Waals surface area contributed by atoms with Crippen molar-refractivity contribution in [2.75, 3.05) is 26.7 Å². The van der Waals surface area contributed by atoms with Crippen molar-refractivity contribution in [3.8, 4) is 0 Å². The van der Waals surface area contributed by atoms with Crippen LogP contribution in [0.15, 0.2) is 0 Å². The second-order valence-corrected chi connectivity index (χ2v) is 8.25. The van der Waals surface area contributed by atoms with E-state index >= 15 is 0 Å². The summed E-state index contributed by atoms with van der Waals surface area (Å²) in [6.45, 7) is 15.1. The second-order valence-electron chi connectivity index (χ2n) is 8.25. The Balaban J connectivity index is 2.59. The zero-order chi connectivity index (χ0) is 14.5. The first-order chi connectivity index (χ1) is 8.72. The van der Waals surface area contributed by atoms with E-state index < -0.39 is 0 Å². The van der Waals surface area contributed by atoms with Gasteiger partial charge < -0.3 is 10.2 Å². The van der Waals surface area contributed by atoms with Crippen molar-refractivity contribution in [1.82, 2.24) is 10.2 Å². The molecule has 1 fully saturated rings. The molecule has 114 valence electrons. The summed E-state index contributed by atoms with van der Waals surface area (Å²) < 4.78 is 0. The van der Waals surface area contributed by atoms with Gasteiger partial charge in [-0.1, -0.05) is 33.1 Å². The molecular formula is C17H36N2. The van der Waals surface area contributed by atoms with Crippen molar-refractivity contribution < 1.29 is 0 Å². The fourth-order valence-corrected chi connectivity index (χ4v) is 3.41. The van der Waals surface area contributed by atoms with Gasteiger partial charge in [0.1, 0.15) is 0 Å². The molecule has 0 saturated heterocycles. The molecule has 0 spiro atoms. The average Bonchev–Trinajstić information content (AvgIpc) is 2.25. The van der Waals surface area contributed by atoms with Gasteiger partial charge in [0, 0.05) is 25.2 Å². The summed E-state index contributed by atoms with van der Waals surface area (Å²) in [6, 6.07) is 0. The average molecular weight is 268 g/mol. The molecule has 0 bridgehead atoms. The first-order valence-corrected chi connectivity index (χ1v) is 8.16. The highest BCUT2D eigenvalue weighted by Gasteiger charge is 2.34. The molecule has 0 atom stereocenters. The summed E-state index contributed by atoms with van der Waals surface area (Å²) in [5.74, 6) is 0.765. The topological polar surface area (TPSA) is 15.3 Å². The molecule has 0 aliphatic heterocycles. The van der Waals surface area contributed by atoms with E-state index in [2.05, 4.69) is 51.9 Å². The van der Waals surface area contributed by atoms with Crippen LogP contribution in [-0.4, -0.2) is 37.1 Å². The lowest BCUT2D eigenvalue weighted by atomic mass is 9.73. The van der Waals surface area contributed by atoms with E-state index in [-0.39, 0.29) is 5.54 Å². The molecule has 0 aromatic heterocycles. The van der Waals surface area contributed by atoms with Crippen LogP contribution in [0.4, 0.5) is 0 Å². The molecule has 2 heteroatoms. The third-order valence-electron chi connectivity index (χ3n) is 4.19. The van der Waals surface area contributed by atoms with Crippen LogP contribution in [0.5, 0.6) is 0 Å². The smallest absolute Gasteiger partial charge is 0.00967 e. The Kier molecular flexibility index (Phi) is 6.32. The highest BCUT2D eigenvalue weighted by atomic mass is 15.1. The summed E-state index contributed by atoms with van der Waals surface area (Å²) >= 11 is 0. The SMILES string of the molecule is CC(C)CN(C)CC1(CNC(C)(C)C)CCCCC1. The molecule has 0 aromatic carbocycles. The van der Waals surface area contributed by atoms with Gasteiger partial charge >= 0.3 is 0 Å². The van der Waals surface area contributed by atoms with Crippen molar-refractivity contribution in [2.24, 2.45) is 11.3 Å². The Labute approximate surface area is 121 Å². The number of hydrogen-bond donors (Lipinski definition) is 1. The molecule has 0 amide bonds. The lowest BCUT2D eigenvalue weighted by molar-refractivity contribution is 0.103. The van der Waals surface area contributed by atoms with Gasteiger partial charge in [-0.05, 0) is 52.0 Å². The minimum absolute atomic E-state index is 0.237. The Bertz CT molecular complexity index is 246. The first kappa shape index (κ1) is 17.0. The molecule has 19 heavy (non-hydrogen) atoms. The number of hydrogen-bond acceptors (Lipinski definition) is 2. The molecule has 0 unspecified atom stereocenters. The van der Waals surface area contributed by atoms with Gasteiger partial charge in [-0.25, -0.2) is 0 Å². The van der Waals surface area contributed by atoms with Gasteiger partial charge in [0.15, 0.2) is 0 Å². The summed E-state index contributed by atoms with van der Waals surface area (Å²) in [4.78, 5) is 2.56. The minimum atomic E-state index is 0.237. The van der Waals surface area contributed by atoms with E-state index in [9.17, 15) is 0 Å². The van der Waals surface area contributed by atoms with Crippen LogP contribution in [0.3, 0.4) is 0 Å². The van der Waals surface area contributed by atoms with E-state index in [1.807, 2.05) is 0 Å². The van der Waals surface area contributed by atoms with Crippen LogP contribution in [-0.2, 0) is 0 Å². The zero-order valence-electron chi connectivity index (χ0n) is 14.2. The normalized spacial score (nSPS) is 20.2. The van der Waals surface area contributed by atoms with Crippen LogP contribution in [0.2, 0.25) is 0 Å². The summed E-state index contributed by atoms with van der Waals surface area (Å²) in [7, 11) is 2.30. The van der Waals surface area contributed by atoms with Crippen molar-refractivity contribution in [2.45, 2.75) is 72.3 Å². The Morgan fingerprint density at radius 2 is 1.68 bits per heavy atom. The molecule has 0 aromatic rings. The fourth-order valence-electron chi connectivity index (χ4n) is 3.41. The van der Waals surface area contributed by atoms with Gasteiger partial charge in [0.05, 0.1) is 0 Å². The molecule has 0 radical (unpaired) electrons. The van der Waals surface area contributed by atoms with Gasteiger partial charge in [0.2, 0.25) is 0 Å². The maximum absolute atomic E-state index is 3.76. The third-order valence-corrected chi connectivity index (χ3v) is 4.19. The Hall–Kier alpha value is -0.0800. The Morgan fingerprint density at radius 1 is 1.11 bits per heavy atom. The predicted molar refractivity (Wildman–Crippen MR) is 85.6 cm³/mol. The highest BCUT2D eigenvalue weighted by molar-refractivity contribution is 4.89. The quantitative estimate of drug-likeness (QED) is 0.785. The molecule has 0 heterocycles. The van der Waals surface area contributed by atoms with Gasteiger partial charge in [-0.15, -0.1) is 0 Å². The number of rotatable bonds is 6. The molecule has 1 saturated carbocycles. The van der Waals surface area contributed by atoms with Gasteiger partial charge in [-0.2, -0.15) is 0 Å². The molecule has 1 aliphatic rings. The lowest BCUT2D eigenvalue weighted by Crippen LogP contribution is -2.49. The minimum Gasteiger partial charge on any atom is -0.311 e. The third kappa shape index (κ3) is 6.76. The summed E-state index contributed by atoms with van der Waals surface area (Å²) in [6.07, 6.45) is 7.07. The largest absolute Gasteiger partial charge is 0.311 e. The van der Waals surface area contributed by atoms with E-state index in [1.54, 1.807) is 0 Å². The zero-order valence-corrected chi connectivity index (χ0v) is 14.2. The highest BCUT2D eigenvalue weighted by Crippen LogP contribution is 2.36. The fraction of sp³-hybridized carbons (Fsp3) is 1.00. The van der Waals surface area contributed by atoms with E-state index in [0.717, 1.165) is 5.92 Å². The summed E-state index contributed by atoms with van der Waals surface area (Å²) in [5.41, 5.74) is 0.746. The van der Waals surface area contributed by atoms with Crippen LogP contribution >= 0.6 is 0 Å². The van der Waals surface area contributed by atoms with Crippen molar-refractivity contribution in [1.29, 1.82) is 0 Å². The molecule has 2 nitrogen and oxygen atoms in total. The second kappa shape index (κ2) is 7.08. The van der Waals surface area contributed by atoms with Crippen molar-refractivity contribution in [3.05, 3.63) is 0 Å². The van der Waals surface area contributed by atoms with Crippen molar-refractivity contribution >= 4 is 0 Å². The van der Waals surface area contributed by atoms with Crippen molar-refractivity contribution in [3.63, 3.8) is 0 Å². The predicted octanol–water partition coefficient (Wildman–Crippen LogP) is 3.91. The van der Waals surface area contributed by atoms with Crippen LogP contribution < -0.4 is 5.32 Å². The Morgan fingerprint density at radius 3 is 2.16 bits per heavy atom. The molecular weight excluding hydrogens is 232 g/mol. The number of nitrogens with one attached hydrogen (secondary N) is 1. The molecule has 1 N–H and O–H groups in total. The lowest BCUT2D eigenvalue weighted by Gasteiger charge is -2.42. The van der Waals surface area contributed by atoms with E-state index in [4.69, 9.17) is 0 Å². The maximum atomic E-state index is 3.76. The molecule has 1 aliphatic carbocycles. The summed E-state index contributed by atoms with van der Waals surface area (Å²) in [5, 5.41) is 3.76. The number of nitrogens with zero attached hydrogens (tertiary/aromatic N) is 1. The van der Waals surface area contributed by atoms with Crippen LogP contribution in [0.1, 0.15) is 66.7 Å². The van der Waals surface area contributed by atoms with E-state index in [1.165, 1.54) is 51.7 Å².